The van der Waals surface area contributed by atoms with Crippen molar-refractivity contribution in [1.29, 1.82) is 0 Å². The second-order valence-corrected chi connectivity index (χ2v) is 5.33. The minimum atomic E-state index is 0.0589. The number of fused-ring (bicyclic) bond motifs is 1. The van der Waals surface area contributed by atoms with Crippen LogP contribution in [0, 0.1) is 6.92 Å². The zero-order valence-corrected chi connectivity index (χ0v) is 9.92. The van der Waals surface area contributed by atoms with E-state index in [0.29, 0.717) is 18.6 Å². The lowest BCUT2D eigenvalue weighted by Crippen LogP contribution is -2.25. The van der Waals surface area contributed by atoms with E-state index < -0.39 is 0 Å². The highest BCUT2D eigenvalue weighted by molar-refractivity contribution is 5.81. The minimum Gasteiger partial charge on any atom is -0.330 e. The molecule has 0 N–H and O–H groups in total. The lowest BCUT2D eigenvalue weighted by molar-refractivity contribution is -0.119. The first-order valence-electron chi connectivity index (χ1n) is 5.48. The van der Waals surface area contributed by atoms with Crippen LogP contribution in [-0.4, -0.2) is 15.3 Å². The zero-order valence-electron chi connectivity index (χ0n) is 9.92. The van der Waals surface area contributed by atoms with Crippen LogP contribution in [0.2, 0.25) is 0 Å². The van der Waals surface area contributed by atoms with Gasteiger partial charge in [-0.2, -0.15) is 0 Å². The van der Waals surface area contributed by atoms with Gasteiger partial charge in [0.05, 0.1) is 5.69 Å². The summed E-state index contributed by atoms with van der Waals surface area (Å²) in [7, 11) is 0. The van der Waals surface area contributed by atoms with Gasteiger partial charge in [0.25, 0.3) is 0 Å². The molecular weight excluding hydrogens is 188 g/mol. The normalized spacial score (nSPS) is 16.7. The van der Waals surface area contributed by atoms with E-state index in [1.807, 2.05) is 6.92 Å². The van der Waals surface area contributed by atoms with Gasteiger partial charge in [-0.05, 0) is 6.92 Å². The van der Waals surface area contributed by atoms with Crippen molar-refractivity contribution in [3.8, 4) is 0 Å². The Morgan fingerprint density at radius 3 is 2.60 bits per heavy atom. The van der Waals surface area contributed by atoms with Gasteiger partial charge in [0.2, 0.25) is 0 Å². The molecule has 3 nitrogen and oxygen atoms in total. The molecular formula is C12H18N2O. The fraction of sp³-hybridized carbons (Fsp3) is 0.667. The van der Waals surface area contributed by atoms with E-state index in [2.05, 4.69) is 30.3 Å². The van der Waals surface area contributed by atoms with Crippen molar-refractivity contribution in [2.24, 2.45) is 0 Å². The molecule has 0 aromatic carbocycles. The fourth-order valence-corrected chi connectivity index (χ4v) is 2.16. The number of ketones is 1. The number of imidazole rings is 1. The molecule has 1 aromatic rings. The van der Waals surface area contributed by atoms with Gasteiger partial charge in [0.15, 0.2) is 0 Å². The Labute approximate surface area is 90.5 Å². The maximum absolute atomic E-state index is 11.4. The predicted octanol–water partition coefficient (Wildman–Crippen LogP) is 2.00. The maximum atomic E-state index is 11.4. The van der Waals surface area contributed by atoms with E-state index in [-0.39, 0.29) is 5.41 Å². The second kappa shape index (κ2) is 3.19. The standard InChI is InChI=1S/C12H18N2O/c1-8-10-7-9(15)5-6-14(10)11(13-8)12(2,3)4/h5-7H2,1-4H3. The van der Waals surface area contributed by atoms with Crippen LogP contribution < -0.4 is 0 Å². The van der Waals surface area contributed by atoms with Gasteiger partial charge in [-0.1, -0.05) is 20.8 Å². The van der Waals surface area contributed by atoms with Gasteiger partial charge in [0, 0.05) is 30.5 Å². The van der Waals surface area contributed by atoms with Gasteiger partial charge >= 0.3 is 0 Å². The smallest absolute Gasteiger partial charge is 0.140 e. The average Bonchev–Trinajstić information content (AvgIpc) is 2.43. The van der Waals surface area contributed by atoms with Crippen LogP contribution in [0.15, 0.2) is 0 Å². The maximum Gasteiger partial charge on any atom is 0.140 e. The van der Waals surface area contributed by atoms with Crippen LogP contribution in [0.5, 0.6) is 0 Å². The number of rotatable bonds is 0. The summed E-state index contributed by atoms with van der Waals surface area (Å²) in [6.07, 6.45) is 1.22. The topological polar surface area (TPSA) is 34.9 Å². The first-order chi connectivity index (χ1) is 6.89. The van der Waals surface area contributed by atoms with Crippen molar-refractivity contribution in [1.82, 2.24) is 9.55 Å². The van der Waals surface area contributed by atoms with Crippen LogP contribution in [-0.2, 0) is 23.2 Å². The Bertz CT molecular complexity index is 410. The van der Waals surface area contributed by atoms with Crippen LogP contribution in [0.4, 0.5) is 0 Å². The van der Waals surface area contributed by atoms with Gasteiger partial charge in [-0.3, -0.25) is 4.79 Å². The molecule has 1 aliphatic rings. The summed E-state index contributed by atoms with van der Waals surface area (Å²) in [5, 5.41) is 0. The zero-order chi connectivity index (χ0) is 11.2. The molecule has 15 heavy (non-hydrogen) atoms. The highest BCUT2D eigenvalue weighted by Gasteiger charge is 2.27. The van der Waals surface area contributed by atoms with Crippen molar-refractivity contribution in [3.63, 3.8) is 0 Å². The van der Waals surface area contributed by atoms with Gasteiger partial charge < -0.3 is 4.57 Å². The molecule has 1 aromatic heterocycles. The molecule has 0 spiro atoms. The molecule has 0 radical (unpaired) electrons. The van der Waals surface area contributed by atoms with Crippen molar-refractivity contribution >= 4 is 5.78 Å². The Hall–Kier alpha value is -1.12. The molecule has 0 aliphatic carbocycles. The number of hydrogen-bond acceptors (Lipinski definition) is 2. The van der Waals surface area contributed by atoms with Crippen molar-refractivity contribution in [2.45, 2.75) is 52.5 Å². The number of carbonyl (C=O) groups is 1. The van der Waals surface area contributed by atoms with E-state index in [1.165, 1.54) is 0 Å². The predicted molar refractivity (Wildman–Crippen MR) is 59.0 cm³/mol. The molecule has 1 aliphatic heterocycles. The summed E-state index contributed by atoms with van der Waals surface area (Å²) in [6.45, 7) is 9.30. The van der Waals surface area contributed by atoms with E-state index in [1.54, 1.807) is 0 Å². The Kier molecular flexibility index (Phi) is 2.21. The number of nitrogens with zero attached hydrogens (tertiary/aromatic N) is 2. The fourth-order valence-electron chi connectivity index (χ4n) is 2.16. The largest absolute Gasteiger partial charge is 0.330 e. The van der Waals surface area contributed by atoms with Crippen LogP contribution in [0.3, 0.4) is 0 Å². The summed E-state index contributed by atoms with van der Waals surface area (Å²) in [5.74, 6) is 1.45. The van der Waals surface area contributed by atoms with Gasteiger partial charge in [0.1, 0.15) is 11.6 Å². The van der Waals surface area contributed by atoms with E-state index in [4.69, 9.17) is 0 Å². The summed E-state index contributed by atoms with van der Waals surface area (Å²) >= 11 is 0. The molecule has 0 atom stereocenters. The lowest BCUT2D eigenvalue weighted by Gasteiger charge is -2.23. The number of Topliss-reactive ketones (excluding diaryl/α,β-unsaturated/α-hetero) is 1. The Morgan fingerprint density at radius 1 is 1.33 bits per heavy atom. The molecule has 0 fully saturated rings. The van der Waals surface area contributed by atoms with Crippen molar-refractivity contribution in [2.75, 3.05) is 0 Å². The molecule has 2 rings (SSSR count). The highest BCUT2D eigenvalue weighted by Crippen LogP contribution is 2.27. The Balaban J connectivity index is 2.53. The van der Waals surface area contributed by atoms with E-state index in [9.17, 15) is 4.79 Å². The third-order valence-electron chi connectivity index (χ3n) is 2.92. The SMILES string of the molecule is Cc1nc(C(C)(C)C)n2c1CC(=O)CC2. The summed E-state index contributed by atoms with van der Waals surface area (Å²) in [6, 6.07) is 0. The van der Waals surface area contributed by atoms with Gasteiger partial charge in [-0.25, -0.2) is 4.98 Å². The van der Waals surface area contributed by atoms with E-state index >= 15 is 0 Å². The van der Waals surface area contributed by atoms with E-state index in [0.717, 1.165) is 23.8 Å². The first kappa shape index (κ1) is 10.4. The number of aryl methyl sites for hydroxylation is 1. The van der Waals surface area contributed by atoms with Crippen molar-refractivity contribution < 1.29 is 4.79 Å². The molecule has 0 saturated carbocycles. The van der Waals surface area contributed by atoms with Crippen LogP contribution in [0.25, 0.3) is 0 Å². The monoisotopic (exact) mass is 206 g/mol. The molecule has 2 heterocycles. The third-order valence-corrected chi connectivity index (χ3v) is 2.92. The number of hydrogen-bond donors (Lipinski definition) is 0. The summed E-state index contributed by atoms with van der Waals surface area (Å²) in [4.78, 5) is 16.0. The molecule has 0 saturated heterocycles. The molecule has 0 amide bonds. The molecule has 3 heteroatoms. The molecule has 0 bridgehead atoms. The number of carbonyl (C=O) groups excluding carboxylic acids is 1. The lowest BCUT2D eigenvalue weighted by atomic mass is 9.95. The quantitative estimate of drug-likeness (QED) is 0.650. The summed E-state index contributed by atoms with van der Waals surface area (Å²) < 4.78 is 2.23. The minimum absolute atomic E-state index is 0.0589. The average molecular weight is 206 g/mol. The molecule has 82 valence electrons. The van der Waals surface area contributed by atoms with Crippen molar-refractivity contribution in [3.05, 3.63) is 17.2 Å². The molecule has 0 unspecified atom stereocenters. The Morgan fingerprint density at radius 2 is 2.00 bits per heavy atom. The highest BCUT2D eigenvalue weighted by atomic mass is 16.1. The van der Waals surface area contributed by atoms with Gasteiger partial charge in [-0.15, -0.1) is 0 Å². The van der Waals surface area contributed by atoms with Crippen LogP contribution in [0.1, 0.15) is 44.4 Å². The van der Waals surface area contributed by atoms with Crippen LogP contribution >= 0.6 is 0 Å². The number of aromatic nitrogens is 2. The second-order valence-electron chi connectivity index (χ2n) is 5.33. The summed E-state index contributed by atoms with van der Waals surface area (Å²) in [5.41, 5.74) is 2.20. The first-order valence-corrected chi connectivity index (χ1v) is 5.48. The third kappa shape index (κ3) is 1.71.